The first-order valence-electron chi connectivity index (χ1n) is 7.51. The Balaban J connectivity index is 2.30. The Labute approximate surface area is 152 Å². The largest absolute Gasteiger partial charge is 0.469 e. The quantitative estimate of drug-likeness (QED) is 0.638. The number of ether oxygens (including phenoxy) is 2. The van der Waals surface area contributed by atoms with Crippen molar-refractivity contribution in [2.45, 2.75) is 18.9 Å². The van der Waals surface area contributed by atoms with Crippen molar-refractivity contribution in [3.8, 4) is 0 Å². The number of carbonyl (C=O) groups is 2. The van der Waals surface area contributed by atoms with E-state index in [2.05, 4.69) is 12.6 Å². The monoisotopic (exact) mass is 369 g/mol. The van der Waals surface area contributed by atoms with Gasteiger partial charge in [0.1, 0.15) is 6.04 Å². The van der Waals surface area contributed by atoms with Gasteiger partial charge < -0.3 is 9.47 Å². The second-order valence-corrected chi connectivity index (χ2v) is 6.42. The molecular weight excluding hydrogens is 350 g/mol. The predicted octanol–water partition coefficient (Wildman–Crippen LogP) is 3.01. The van der Waals surface area contributed by atoms with Crippen molar-refractivity contribution in [2.24, 2.45) is 0 Å². The van der Waals surface area contributed by atoms with Crippen molar-refractivity contribution in [1.29, 1.82) is 0 Å². The normalized spacial score (nSPS) is 16.7. The van der Waals surface area contributed by atoms with Gasteiger partial charge in [-0.1, -0.05) is 29.8 Å². The minimum atomic E-state index is -0.627. The molecule has 1 aromatic carbocycles. The molecule has 0 amide bonds. The van der Waals surface area contributed by atoms with E-state index in [1.807, 2.05) is 23.1 Å². The molecule has 1 unspecified atom stereocenters. The van der Waals surface area contributed by atoms with Crippen LogP contribution in [0.1, 0.15) is 24.4 Å². The van der Waals surface area contributed by atoms with Gasteiger partial charge in [0.15, 0.2) is 0 Å². The lowest BCUT2D eigenvalue weighted by Crippen LogP contribution is -2.39. The second kappa shape index (κ2) is 8.55. The van der Waals surface area contributed by atoms with Crippen LogP contribution in [-0.4, -0.2) is 44.1 Å². The van der Waals surface area contributed by atoms with Crippen LogP contribution in [0.25, 0.3) is 0 Å². The van der Waals surface area contributed by atoms with E-state index in [4.69, 9.17) is 21.1 Å². The predicted molar refractivity (Wildman–Crippen MR) is 95.0 cm³/mol. The third-order valence-electron chi connectivity index (χ3n) is 4.01. The van der Waals surface area contributed by atoms with Crippen LogP contribution in [0.5, 0.6) is 0 Å². The summed E-state index contributed by atoms with van der Waals surface area (Å²) in [4.78, 5) is 26.8. The molecule has 0 aromatic heterocycles. The standard InChI is InChI=1S/C17H20ClNO4S/c1-22-15(20)9-11-10-19(8-7-14(11)24)16(17(21)23-2)12-5-3-4-6-13(12)18/h3-6,16,24H,7-10H2,1-2H3. The first kappa shape index (κ1) is 18.8. The summed E-state index contributed by atoms with van der Waals surface area (Å²) in [5, 5.41) is 0.503. The van der Waals surface area contributed by atoms with E-state index in [1.165, 1.54) is 14.2 Å². The van der Waals surface area contributed by atoms with Crippen molar-refractivity contribution < 1.29 is 19.1 Å². The maximum absolute atomic E-state index is 12.4. The fraction of sp³-hybridized carbons (Fsp3) is 0.412. The molecule has 24 heavy (non-hydrogen) atoms. The number of hydrogen-bond donors (Lipinski definition) is 1. The molecule has 1 aromatic rings. The SMILES string of the molecule is COC(=O)CC1=C(S)CCN(C(C(=O)OC)c2ccccc2Cl)C1. The summed E-state index contributed by atoms with van der Waals surface area (Å²) < 4.78 is 9.70. The Kier molecular flexibility index (Phi) is 6.71. The molecule has 0 spiro atoms. The zero-order valence-corrected chi connectivity index (χ0v) is 15.3. The summed E-state index contributed by atoms with van der Waals surface area (Å²) in [6.45, 7) is 1.05. The van der Waals surface area contributed by atoms with Gasteiger partial charge in [0, 0.05) is 18.1 Å². The Morgan fingerprint density at radius 1 is 1.29 bits per heavy atom. The molecular formula is C17H20ClNO4S. The molecule has 0 fully saturated rings. The molecule has 130 valence electrons. The molecule has 0 saturated carbocycles. The number of nitrogens with zero attached hydrogens (tertiary/aromatic N) is 1. The number of rotatable bonds is 5. The van der Waals surface area contributed by atoms with Crippen molar-refractivity contribution in [3.05, 3.63) is 45.3 Å². The van der Waals surface area contributed by atoms with Gasteiger partial charge in [-0.05, 0) is 28.5 Å². The average molecular weight is 370 g/mol. The molecule has 1 aliphatic rings. The van der Waals surface area contributed by atoms with Crippen LogP contribution in [0.15, 0.2) is 34.7 Å². The highest BCUT2D eigenvalue weighted by molar-refractivity contribution is 7.84. The van der Waals surface area contributed by atoms with Gasteiger partial charge in [0.25, 0.3) is 0 Å². The lowest BCUT2D eigenvalue weighted by molar-refractivity contribution is -0.147. The molecule has 2 rings (SSSR count). The molecule has 7 heteroatoms. The summed E-state index contributed by atoms with van der Waals surface area (Å²) in [7, 11) is 2.70. The van der Waals surface area contributed by atoms with E-state index in [0.717, 1.165) is 10.5 Å². The smallest absolute Gasteiger partial charge is 0.327 e. The maximum Gasteiger partial charge on any atom is 0.327 e. The summed E-state index contributed by atoms with van der Waals surface area (Å²) in [5.74, 6) is -0.714. The van der Waals surface area contributed by atoms with E-state index in [0.29, 0.717) is 30.1 Å². The number of esters is 2. The molecule has 0 bridgehead atoms. The van der Waals surface area contributed by atoms with E-state index in [9.17, 15) is 9.59 Å². The van der Waals surface area contributed by atoms with Crippen LogP contribution in [0.2, 0.25) is 5.02 Å². The van der Waals surface area contributed by atoms with Gasteiger partial charge in [0.2, 0.25) is 0 Å². The van der Waals surface area contributed by atoms with Crippen LogP contribution in [0.3, 0.4) is 0 Å². The second-order valence-electron chi connectivity index (χ2n) is 5.47. The Morgan fingerprint density at radius 2 is 2.00 bits per heavy atom. The fourth-order valence-electron chi connectivity index (χ4n) is 2.75. The maximum atomic E-state index is 12.4. The van der Waals surface area contributed by atoms with Crippen LogP contribution in [0.4, 0.5) is 0 Å². The zero-order valence-electron chi connectivity index (χ0n) is 13.6. The lowest BCUT2D eigenvalue weighted by Gasteiger charge is -2.34. The van der Waals surface area contributed by atoms with E-state index in [1.54, 1.807) is 6.07 Å². The zero-order chi connectivity index (χ0) is 17.7. The molecule has 1 heterocycles. The molecule has 0 radical (unpaired) electrons. The molecule has 1 atom stereocenters. The van der Waals surface area contributed by atoms with E-state index in [-0.39, 0.29) is 18.4 Å². The average Bonchev–Trinajstić information content (AvgIpc) is 2.59. The van der Waals surface area contributed by atoms with Crippen LogP contribution in [0, 0.1) is 0 Å². The number of thiol groups is 1. The topological polar surface area (TPSA) is 55.8 Å². The highest BCUT2D eigenvalue weighted by Crippen LogP contribution is 2.33. The van der Waals surface area contributed by atoms with Crippen molar-refractivity contribution in [2.75, 3.05) is 27.3 Å². The van der Waals surface area contributed by atoms with Crippen LogP contribution >= 0.6 is 24.2 Å². The third-order valence-corrected chi connectivity index (χ3v) is 4.90. The first-order chi connectivity index (χ1) is 11.5. The van der Waals surface area contributed by atoms with Crippen molar-refractivity contribution in [3.63, 3.8) is 0 Å². The Morgan fingerprint density at radius 3 is 2.62 bits per heavy atom. The summed E-state index contributed by atoms with van der Waals surface area (Å²) in [6, 6.07) is 6.56. The molecule has 0 aliphatic carbocycles. The summed E-state index contributed by atoms with van der Waals surface area (Å²) >= 11 is 10.7. The van der Waals surface area contributed by atoms with Gasteiger partial charge in [-0.15, -0.1) is 12.6 Å². The van der Waals surface area contributed by atoms with E-state index < -0.39 is 6.04 Å². The Hall–Kier alpha value is -1.50. The molecule has 0 N–H and O–H groups in total. The number of hydrogen-bond acceptors (Lipinski definition) is 6. The minimum absolute atomic E-state index is 0.155. The van der Waals surface area contributed by atoms with Crippen LogP contribution in [-0.2, 0) is 19.1 Å². The fourth-order valence-corrected chi connectivity index (χ4v) is 3.24. The minimum Gasteiger partial charge on any atom is -0.469 e. The lowest BCUT2D eigenvalue weighted by atomic mass is 10.00. The van der Waals surface area contributed by atoms with Crippen molar-refractivity contribution >= 4 is 36.2 Å². The highest BCUT2D eigenvalue weighted by Gasteiger charge is 2.33. The van der Waals surface area contributed by atoms with E-state index >= 15 is 0 Å². The number of methoxy groups -OCH3 is 2. The molecule has 5 nitrogen and oxygen atoms in total. The van der Waals surface area contributed by atoms with Crippen LogP contribution < -0.4 is 0 Å². The number of benzene rings is 1. The summed E-state index contributed by atoms with van der Waals surface area (Å²) in [6.07, 6.45) is 0.801. The highest BCUT2D eigenvalue weighted by atomic mass is 35.5. The number of halogens is 1. The molecule has 1 aliphatic heterocycles. The van der Waals surface area contributed by atoms with Gasteiger partial charge in [-0.3, -0.25) is 9.69 Å². The van der Waals surface area contributed by atoms with Crippen molar-refractivity contribution in [1.82, 2.24) is 4.90 Å². The van der Waals surface area contributed by atoms with Gasteiger partial charge in [-0.25, -0.2) is 4.79 Å². The first-order valence-corrected chi connectivity index (χ1v) is 8.33. The number of carbonyl (C=O) groups excluding carboxylic acids is 2. The summed E-state index contributed by atoms with van der Waals surface area (Å²) in [5.41, 5.74) is 1.53. The van der Waals surface area contributed by atoms with Gasteiger partial charge in [-0.2, -0.15) is 0 Å². The van der Waals surface area contributed by atoms with Gasteiger partial charge in [0.05, 0.1) is 20.6 Å². The molecule has 0 saturated heterocycles. The van der Waals surface area contributed by atoms with Gasteiger partial charge >= 0.3 is 11.9 Å². The Bertz CT molecular complexity index is 662. The third kappa shape index (κ3) is 4.32.